The predicted molar refractivity (Wildman–Crippen MR) is 80.0 cm³/mol. The molecule has 0 aliphatic heterocycles. The van der Waals surface area contributed by atoms with Crippen molar-refractivity contribution in [2.24, 2.45) is 5.73 Å². The van der Waals surface area contributed by atoms with E-state index in [1.54, 1.807) is 19.2 Å². The minimum atomic E-state index is -0.407. The van der Waals surface area contributed by atoms with Crippen molar-refractivity contribution in [3.63, 3.8) is 0 Å². The summed E-state index contributed by atoms with van der Waals surface area (Å²) in [5.41, 5.74) is 8.93. The summed E-state index contributed by atoms with van der Waals surface area (Å²) in [5.74, 6) is 0.469. The number of hydrogen-bond donors (Lipinski definition) is 2. The molecule has 1 amide bonds. The number of ether oxygens (including phenoxy) is 1. The van der Waals surface area contributed by atoms with Gasteiger partial charge in [-0.1, -0.05) is 12.1 Å². The molecule has 2 aromatic rings. The van der Waals surface area contributed by atoms with E-state index >= 15 is 0 Å². The Balaban J connectivity index is 2.01. The second kappa shape index (κ2) is 6.10. The van der Waals surface area contributed by atoms with Crippen LogP contribution in [0.4, 0.5) is 5.69 Å². The number of primary amides is 1. The van der Waals surface area contributed by atoms with Gasteiger partial charge in [0.25, 0.3) is 0 Å². The smallest absolute Gasteiger partial charge is 0.248 e. The molecule has 2 rings (SSSR count). The molecule has 0 atom stereocenters. The van der Waals surface area contributed by atoms with Crippen LogP contribution in [0.25, 0.3) is 0 Å². The highest BCUT2D eigenvalue weighted by Crippen LogP contribution is 2.21. The van der Waals surface area contributed by atoms with Gasteiger partial charge >= 0.3 is 0 Å². The number of aryl methyl sites for hydroxylation is 1. The van der Waals surface area contributed by atoms with Crippen LogP contribution in [0.15, 0.2) is 42.5 Å². The van der Waals surface area contributed by atoms with Crippen molar-refractivity contribution in [1.82, 2.24) is 0 Å². The number of benzene rings is 2. The topological polar surface area (TPSA) is 64.3 Å². The molecule has 3 N–H and O–H groups in total. The van der Waals surface area contributed by atoms with Crippen LogP contribution in [0.2, 0.25) is 0 Å². The Kier molecular flexibility index (Phi) is 4.25. The zero-order chi connectivity index (χ0) is 14.5. The van der Waals surface area contributed by atoms with Gasteiger partial charge in [-0.15, -0.1) is 0 Å². The molecule has 2 aromatic carbocycles. The first-order valence-corrected chi connectivity index (χ1v) is 6.37. The van der Waals surface area contributed by atoms with Crippen LogP contribution in [-0.4, -0.2) is 13.0 Å². The van der Waals surface area contributed by atoms with Gasteiger partial charge < -0.3 is 15.8 Å². The van der Waals surface area contributed by atoms with Crippen molar-refractivity contribution < 1.29 is 9.53 Å². The lowest BCUT2D eigenvalue weighted by Gasteiger charge is -2.10. The van der Waals surface area contributed by atoms with Gasteiger partial charge in [0.15, 0.2) is 0 Å². The molecule has 0 spiro atoms. The van der Waals surface area contributed by atoms with E-state index in [1.165, 1.54) is 0 Å². The fourth-order valence-electron chi connectivity index (χ4n) is 1.98. The third kappa shape index (κ3) is 3.29. The normalized spacial score (nSPS) is 10.1. The van der Waals surface area contributed by atoms with Crippen LogP contribution < -0.4 is 15.8 Å². The van der Waals surface area contributed by atoms with Crippen LogP contribution in [0.5, 0.6) is 5.75 Å². The summed E-state index contributed by atoms with van der Waals surface area (Å²) in [4.78, 5) is 11.0. The summed E-state index contributed by atoms with van der Waals surface area (Å²) in [6, 6.07) is 13.2. The third-order valence-electron chi connectivity index (χ3n) is 3.13. The van der Waals surface area contributed by atoms with E-state index in [-0.39, 0.29) is 0 Å². The Morgan fingerprint density at radius 2 is 1.90 bits per heavy atom. The monoisotopic (exact) mass is 270 g/mol. The zero-order valence-corrected chi connectivity index (χ0v) is 11.6. The number of nitrogens with two attached hydrogens (primary N) is 1. The summed E-state index contributed by atoms with van der Waals surface area (Å²) < 4.78 is 5.23. The average molecular weight is 270 g/mol. The number of carbonyl (C=O) groups is 1. The summed E-state index contributed by atoms with van der Waals surface area (Å²) in [6.45, 7) is 2.69. The maximum atomic E-state index is 11.0. The van der Waals surface area contributed by atoms with Gasteiger partial charge in [-0.05, 0) is 48.4 Å². The fourth-order valence-corrected chi connectivity index (χ4v) is 1.98. The number of hydrogen-bond acceptors (Lipinski definition) is 3. The third-order valence-corrected chi connectivity index (χ3v) is 3.13. The molecular weight excluding hydrogens is 252 g/mol. The molecule has 0 aliphatic carbocycles. The highest BCUT2D eigenvalue weighted by Gasteiger charge is 2.01. The van der Waals surface area contributed by atoms with Gasteiger partial charge in [0.05, 0.1) is 7.11 Å². The van der Waals surface area contributed by atoms with E-state index in [0.29, 0.717) is 12.1 Å². The average Bonchev–Trinajstić information content (AvgIpc) is 2.45. The molecule has 0 fully saturated rings. The highest BCUT2D eigenvalue weighted by molar-refractivity contribution is 5.92. The summed E-state index contributed by atoms with van der Waals surface area (Å²) in [5, 5.41) is 3.33. The van der Waals surface area contributed by atoms with Gasteiger partial charge in [0.2, 0.25) is 5.91 Å². The van der Waals surface area contributed by atoms with Crippen molar-refractivity contribution in [2.75, 3.05) is 12.4 Å². The lowest BCUT2D eigenvalue weighted by molar-refractivity contribution is 0.100. The summed E-state index contributed by atoms with van der Waals surface area (Å²) in [6.07, 6.45) is 0. The molecule has 0 saturated heterocycles. The van der Waals surface area contributed by atoms with Crippen molar-refractivity contribution >= 4 is 11.6 Å². The first-order valence-electron chi connectivity index (χ1n) is 6.37. The largest absolute Gasteiger partial charge is 0.496 e. The van der Waals surface area contributed by atoms with Gasteiger partial charge in [-0.25, -0.2) is 0 Å². The molecule has 0 heterocycles. The fraction of sp³-hybridized carbons (Fsp3) is 0.188. The standard InChI is InChI=1S/C16H18N2O2/c1-11-9-14(7-8-15(11)20-2)18-10-12-3-5-13(6-4-12)16(17)19/h3-9,18H,10H2,1-2H3,(H2,17,19). The number of nitrogens with one attached hydrogen (secondary N) is 1. The Hall–Kier alpha value is -2.49. The van der Waals surface area contributed by atoms with Crippen LogP contribution in [0.1, 0.15) is 21.5 Å². The van der Waals surface area contributed by atoms with E-state index in [4.69, 9.17) is 10.5 Å². The molecule has 4 heteroatoms. The van der Waals surface area contributed by atoms with Crippen LogP contribution in [0.3, 0.4) is 0 Å². The maximum absolute atomic E-state index is 11.0. The molecule has 0 unspecified atom stereocenters. The zero-order valence-electron chi connectivity index (χ0n) is 11.6. The van der Waals surface area contributed by atoms with E-state index in [0.717, 1.165) is 22.6 Å². The lowest BCUT2D eigenvalue weighted by atomic mass is 10.1. The van der Waals surface area contributed by atoms with Crippen molar-refractivity contribution in [2.45, 2.75) is 13.5 Å². The number of amides is 1. The molecule has 104 valence electrons. The van der Waals surface area contributed by atoms with Gasteiger partial charge in [0, 0.05) is 17.8 Å². The first-order chi connectivity index (χ1) is 9.60. The Labute approximate surface area is 118 Å². The maximum Gasteiger partial charge on any atom is 0.248 e. The SMILES string of the molecule is COc1ccc(NCc2ccc(C(N)=O)cc2)cc1C. The molecule has 0 radical (unpaired) electrons. The quantitative estimate of drug-likeness (QED) is 0.878. The van der Waals surface area contributed by atoms with E-state index in [1.807, 2.05) is 37.3 Å². The predicted octanol–water partition coefficient (Wildman–Crippen LogP) is 2.71. The molecule has 0 aliphatic rings. The highest BCUT2D eigenvalue weighted by atomic mass is 16.5. The van der Waals surface area contributed by atoms with E-state index in [2.05, 4.69) is 5.32 Å². The van der Waals surface area contributed by atoms with E-state index < -0.39 is 5.91 Å². The summed E-state index contributed by atoms with van der Waals surface area (Å²) >= 11 is 0. The minimum absolute atomic E-state index is 0.407. The van der Waals surface area contributed by atoms with Gasteiger partial charge in [-0.3, -0.25) is 4.79 Å². The molecule has 0 aromatic heterocycles. The summed E-state index contributed by atoms with van der Waals surface area (Å²) in [7, 11) is 1.66. The molecule has 4 nitrogen and oxygen atoms in total. The Bertz CT molecular complexity index is 606. The number of rotatable bonds is 5. The van der Waals surface area contributed by atoms with Crippen LogP contribution in [0, 0.1) is 6.92 Å². The van der Waals surface area contributed by atoms with Crippen molar-refractivity contribution in [3.8, 4) is 5.75 Å². The second-order valence-corrected chi connectivity index (χ2v) is 4.60. The number of anilines is 1. The first kappa shape index (κ1) is 13.9. The van der Waals surface area contributed by atoms with Gasteiger partial charge in [0.1, 0.15) is 5.75 Å². The molecule has 0 saturated carbocycles. The Morgan fingerprint density at radius 3 is 2.45 bits per heavy atom. The van der Waals surface area contributed by atoms with Crippen LogP contribution >= 0.6 is 0 Å². The molecular formula is C16H18N2O2. The second-order valence-electron chi connectivity index (χ2n) is 4.60. The van der Waals surface area contributed by atoms with Gasteiger partial charge in [-0.2, -0.15) is 0 Å². The lowest BCUT2D eigenvalue weighted by Crippen LogP contribution is -2.10. The molecule has 0 bridgehead atoms. The molecule has 20 heavy (non-hydrogen) atoms. The Morgan fingerprint density at radius 1 is 1.20 bits per heavy atom. The van der Waals surface area contributed by atoms with Crippen LogP contribution in [-0.2, 0) is 6.54 Å². The minimum Gasteiger partial charge on any atom is -0.496 e. The number of methoxy groups -OCH3 is 1. The number of carbonyl (C=O) groups excluding carboxylic acids is 1. The van der Waals surface area contributed by atoms with Crippen molar-refractivity contribution in [3.05, 3.63) is 59.2 Å². The van der Waals surface area contributed by atoms with E-state index in [9.17, 15) is 4.79 Å². The van der Waals surface area contributed by atoms with Crippen molar-refractivity contribution in [1.29, 1.82) is 0 Å².